The summed E-state index contributed by atoms with van der Waals surface area (Å²) in [6.45, 7) is 12.0. The number of carbonyl (C=O) groups excluding carboxylic acids is 1. The van der Waals surface area contributed by atoms with Gasteiger partial charge in [-0.05, 0) is 68.0 Å². The topological polar surface area (TPSA) is 96.9 Å². The number of carbonyl (C=O) groups is 1. The lowest BCUT2D eigenvalue weighted by molar-refractivity contribution is 0.0677. The molecule has 1 atom stereocenters. The molecule has 2 aromatic carbocycles. The van der Waals surface area contributed by atoms with Gasteiger partial charge in [0, 0.05) is 24.8 Å². The molecule has 0 radical (unpaired) electrons. The highest BCUT2D eigenvalue weighted by Gasteiger charge is 2.42. The summed E-state index contributed by atoms with van der Waals surface area (Å²) in [6.07, 6.45) is 0.941. The standard InChI is InChI=1S/C29H37N3O5/c1-7-36-23-16-20(8-9-22(23)37-12-10-17(2)3)28-25-26(24-19(5)14-18(4)15-21(24)33)30-31-27(25)29(34)32(28)11-13-35-6/h8-9,14-17,28,33H,7,10-13H2,1-6H3,(H,30,31). The molecule has 1 unspecified atom stereocenters. The summed E-state index contributed by atoms with van der Waals surface area (Å²) in [4.78, 5) is 15.3. The summed E-state index contributed by atoms with van der Waals surface area (Å²) in [5, 5.41) is 18.3. The number of methoxy groups -OCH3 is 1. The summed E-state index contributed by atoms with van der Waals surface area (Å²) >= 11 is 0. The van der Waals surface area contributed by atoms with Crippen LogP contribution in [0.5, 0.6) is 17.2 Å². The first kappa shape index (κ1) is 26.5. The molecule has 0 bridgehead atoms. The van der Waals surface area contributed by atoms with Crippen LogP contribution in [-0.4, -0.2) is 59.6 Å². The fraction of sp³-hybridized carbons (Fsp3) is 0.448. The van der Waals surface area contributed by atoms with E-state index >= 15 is 0 Å². The van der Waals surface area contributed by atoms with Gasteiger partial charge in [-0.15, -0.1) is 0 Å². The van der Waals surface area contributed by atoms with Gasteiger partial charge in [0.25, 0.3) is 5.91 Å². The third-order valence-electron chi connectivity index (χ3n) is 6.63. The Kier molecular flexibility index (Phi) is 8.07. The molecule has 1 aromatic heterocycles. The first-order valence-corrected chi connectivity index (χ1v) is 12.8. The van der Waals surface area contributed by atoms with E-state index < -0.39 is 6.04 Å². The van der Waals surface area contributed by atoms with Crippen LogP contribution in [0.4, 0.5) is 0 Å². The van der Waals surface area contributed by atoms with Crippen LogP contribution in [0, 0.1) is 19.8 Å². The molecule has 0 fully saturated rings. The van der Waals surface area contributed by atoms with Crippen LogP contribution in [0.15, 0.2) is 30.3 Å². The minimum absolute atomic E-state index is 0.136. The van der Waals surface area contributed by atoms with Crippen LogP contribution in [-0.2, 0) is 4.74 Å². The summed E-state index contributed by atoms with van der Waals surface area (Å²) in [6, 6.07) is 9.11. The molecule has 37 heavy (non-hydrogen) atoms. The Labute approximate surface area is 218 Å². The number of aromatic hydroxyl groups is 1. The average Bonchev–Trinajstić information content (AvgIpc) is 3.37. The molecule has 1 amide bonds. The molecular formula is C29H37N3O5. The predicted molar refractivity (Wildman–Crippen MR) is 142 cm³/mol. The molecule has 0 saturated heterocycles. The van der Waals surface area contributed by atoms with Gasteiger partial charge >= 0.3 is 0 Å². The minimum atomic E-state index is -0.435. The van der Waals surface area contributed by atoms with E-state index in [9.17, 15) is 9.90 Å². The van der Waals surface area contributed by atoms with E-state index in [1.807, 2.05) is 45.0 Å². The molecule has 2 heterocycles. The number of phenols is 1. The Morgan fingerprint density at radius 1 is 1.11 bits per heavy atom. The number of benzene rings is 2. The number of phenolic OH excluding ortho intramolecular Hbond substituents is 1. The number of hydrogen-bond donors (Lipinski definition) is 2. The van der Waals surface area contributed by atoms with Gasteiger partial charge in [-0.25, -0.2) is 0 Å². The molecule has 0 saturated carbocycles. The molecule has 1 aliphatic rings. The number of nitrogens with zero attached hydrogens (tertiary/aromatic N) is 2. The van der Waals surface area contributed by atoms with Crippen molar-refractivity contribution in [1.29, 1.82) is 0 Å². The van der Waals surface area contributed by atoms with Crippen molar-refractivity contribution in [2.24, 2.45) is 5.92 Å². The van der Waals surface area contributed by atoms with E-state index in [1.54, 1.807) is 18.1 Å². The molecule has 8 heteroatoms. The highest BCUT2D eigenvalue weighted by atomic mass is 16.5. The maximum atomic E-state index is 13.5. The zero-order valence-electron chi connectivity index (χ0n) is 22.6. The van der Waals surface area contributed by atoms with Crippen LogP contribution in [0.25, 0.3) is 11.3 Å². The second kappa shape index (κ2) is 11.3. The highest BCUT2D eigenvalue weighted by Crippen LogP contribution is 2.46. The van der Waals surface area contributed by atoms with Gasteiger partial charge < -0.3 is 24.2 Å². The van der Waals surface area contributed by atoms with Crippen molar-refractivity contribution in [1.82, 2.24) is 15.1 Å². The Morgan fingerprint density at radius 3 is 2.57 bits per heavy atom. The Balaban J connectivity index is 1.82. The maximum absolute atomic E-state index is 13.5. The van der Waals surface area contributed by atoms with Gasteiger partial charge in [0.2, 0.25) is 0 Å². The fourth-order valence-corrected chi connectivity index (χ4v) is 4.89. The fourth-order valence-electron chi connectivity index (χ4n) is 4.89. The zero-order chi connectivity index (χ0) is 26.7. The van der Waals surface area contributed by atoms with Crippen molar-refractivity contribution < 1.29 is 24.1 Å². The summed E-state index contributed by atoms with van der Waals surface area (Å²) < 4.78 is 17.3. The number of H-pyrrole nitrogens is 1. The number of aromatic nitrogens is 2. The number of nitrogens with one attached hydrogen (secondary N) is 1. The van der Waals surface area contributed by atoms with Gasteiger partial charge in [-0.2, -0.15) is 5.10 Å². The minimum Gasteiger partial charge on any atom is -0.507 e. The second-order valence-corrected chi connectivity index (χ2v) is 9.90. The highest BCUT2D eigenvalue weighted by molar-refractivity contribution is 6.00. The average molecular weight is 508 g/mol. The Morgan fingerprint density at radius 2 is 1.89 bits per heavy atom. The van der Waals surface area contributed by atoms with E-state index in [-0.39, 0.29) is 11.7 Å². The zero-order valence-corrected chi connectivity index (χ0v) is 22.6. The van der Waals surface area contributed by atoms with Gasteiger partial charge in [0.05, 0.1) is 25.9 Å². The van der Waals surface area contributed by atoms with Crippen molar-refractivity contribution in [2.45, 2.75) is 47.1 Å². The van der Waals surface area contributed by atoms with Crippen molar-refractivity contribution in [3.05, 3.63) is 58.3 Å². The lowest BCUT2D eigenvalue weighted by atomic mass is 9.93. The van der Waals surface area contributed by atoms with Crippen molar-refractivity contribution in [3.63, 3.8) is 0 Å². The normalized spacial score (nSPS) is 14.9. The number of hydrogen-bond acceptors (Lipinski definition) is 6. The van der Waals surface area contributed by atoms with Gasteiger partial charge in [0.15, 0.2) is 11.5 Å². The van der Waals surface area contributed by atoms with Crippen LogP contribution >= 0.6 is 0 Å². The Hall–Kier alpha value is -3.52. The number of fused-ring (bicyclic) bond motifs is 1. The molecule has 3 aromatic rings. The number of aromatic amines is 1. The van der Waals surface area contributed by atoms with Crippen LogP contribution in [0.2, 0.25) is 0 Å². The lowest BCUT2D eigenvalue weighted by Gasteiger charge is -2.27. The molecular weight excluding hydrogens is 470 g/mol. The number of rotatable bonds is 11. The quantitative estimate of drug-likeness (QED) is 0.360. The van der Waals surface area contributed by atoms with E-state index in [2.05, 4.69) is 24.0 Å². The monoisotopic (exact) mass is 507 g/mol. The molecule has 4 rings (SSSR count). The maximum Gasteiger partial charge on any atom is 0.273 e. The number of aryl methyl sites for hydroxylation is 2. The first-order chi connectivity index (χ1) is 17.8. The first-order valence-electron chi connectivity index (χ1n) is 12.8. The molecule has 0 aliphatic carbocycles. The van der Waals surface area contributed by atoms with Crippen LogP contribution in [0.1, 0.15) is 66.0 Å². The summed E-state index contributed by atoms with van der Waals surface area (Å²) in [5.41, 5.74) is 5.05. The number of amides is 1. The predicted octanol–water partition coefficient (Wildman–Crippen LogP) is 5.41. The van der Waals surface area contributed by atoms with Gasteiger partial charge in [-0.3, -0.25) is 9.89 Å². The largest absolute Gasteiger partial charge is 0.507 e. The van der Waals surface area contributed by atoms with Crippen molar-refractivity contribution in [2.75, 3.05) is 33.5 Å². The Bertz CT molecular complexity index is 1240. The van der Waals surface area contributed by atoms with Crippen molar-refractivity contribution in [3.8, 4) is 28.5 Å². The lowest BCUT2D eigenvalue weighted by Crippen LogP contribution is -2.32. The molecule has 0 spiro atoms. The van der Waals surface area contributed by atoms with Crippen molar-refractivity contribution >= 4 is 5.91 Å². The van der Waals surface area contributed by atoms with Crippen LogP contribution < -0.4 is 9.47 Å². The number of ether oxygens (including phenoxy) is 3. The van der Waals surface area contributed by atoms with Gasteiger partial charge in [0.1, 0.15) is 17.1 Å². The van der Waals surface area contributed by atoms with E-state index in [4.69, 9.17) is 14.2 Å². The third kappa shape index (κ3) is 5.30. The van der Waals surface area contributed by atoms with Crippen LogP contribution in [0.3, 0.4) is 0 Å². The SMILES string of the molecule is CCOc1cc(C2c3c(-c4c(C)cc(C)cc4O)n[nH]c3C(=O)N2CCOC)ccc1OCCC(C)C. The summed E-state index contributed by atoms with van der Waals surface area (Å²) in [5.74, 6) is 1.83. The molecule has 1 aliphatic heterocycles. The van der Waals surface area contributed by atoms with E-state index in [1.165, 1.54) is 0 Å². The molecule has 8 nitrogen and oxygen atoms in total. The third-order valence-corrected chi connectivity index (χ3v) is 6.63. The van der Waals surface area contributed by atoms with E-state index in [0.717, 1.165) is 28.7 Å². The molecule has 2 N–H and O–H groups in total. The molecule has 198 valence electrons. The van der Waals surface area contributed by atoms with E-state index in [0.29, 0.717) is 60.7 Å². The smallest absolute Gasteiger partial charge is 0.273 e. The second-order valence-electron chi connectivity index (χ2n) is 9.90. The van der Waals surface area contributed by atoms with Gasteiger partial charge in [-0.1, -0.05) is 26.0 Å². The summed E-state index contributed by atoms with van der Waals surface area (Å²) in [7, 11) is 1.62.